The minimum atomic E-state index is -0.302. The van der Waals surface area contributed by atoms with Crippen LogP contribution in [-0.2, 0) is 9.53 Å². The standard InChI is InChI=1S/C6H12ClNO2/c1-2-3-4-10-6(9)5-8-7/h8H,2-5H2,1H3. The molecule has 0 spiro atoms. The van der Waals surface area contributed by atoms with Gasteiger partial charge in [-0.25, -0.2) is 4.84 Å². The first-order valence-electron chi connectivity index (χ1n) is 3.30. The summed E-state index contributed by atoms with van der Waals surface area (Å²) in [4.78, 5) is 12.7. The summed E-state index contributed by atoms with van der Waals surface area (Å²) < 4.78 is 4.74. The molecular weight excluding hydrogens is 154 g/mol. The summed E-state index contributed by atoms with van der Waals surface area (Å²) in [5.41, 5.74) is 0. The lowest BCUT2D eigenvalue weighted by Crippen LogP contribution is -2.17. The normalized spacial score (nSPS) is 9.40. The highest BCUT2D eigenvalue weighted by molar-refractivity contribution is 6.14. The fourth-order valence-corrected chi connectivity index (χ4v) is 0.545. The van der Waals surface area contributed by atoms with Crippen molar-refractivity contribution in [1.82, 2.24) is 4.84 Å². The smallest absolute Gasteiger partial charge is 0.321 e. The Kier molecular flexibility index (Phi) is 6.64. The third-order valence-corrected chi connectivity index (χ3v) is 1.11. The van der Waals surface area contributed by atoms with Crippen molar-refractivity contribution in [3.63, 3.8) is 0 Å². The van der Waals surface area contributed by atoms with Gasteiger partial charge in [-0.2, -0.15) is 0 Å². The van der Waals surface area contributed by atoms with Crippen LogP contribution in [-0.4, -0.2) is 19.1 Å². The molecule has 0 bridgehead atoms. The van der Waals surface area contributed by atoms with E-state index >= 15 is 0 Å². The van der Waals surface area contributed by atoms with E-state index in [-0.39, 0.29) is 12.5 Å². The number of ether oxygens (including phenoxy) is 1. The molecule has 60 valence electrons. The highest BCUT2D eigenvalue weighted by Gasteiger charge is 1.98. The summed E-state index contributed by atoms with van der Waals surface area (Å²) in [7, 11) is 0. The average Bonchev–Trinajstić information content (AvgIpc) is 1.89. The van der Waals surface area contributed by atoms with Crippen molar-refractivity contribution >= 4 is 17.7 Å². The maximum Gasteiger partial charge on any atom is 0.321 e. The first-order chi connectivity index (χ1) is 4.81. The quantitative estimate of drug-likeness (QED) is 0.376. The number of hydrogen-bond acceptors (Lipinski definition) is 3. The second kappa shape index (κ2) is 6.83. The molecule has 0 atom stereocenters. The average molecular weight is 166 g/mol. The molecule has 0 aromatic rings. The zero-order valence-electron chi connectivity index (χ0n) is 6.02. The van der Waals surface area contributed by atoms with E-state index in [9.17, 15) is 4.79 Å². The Labute approximate surface area is 65.8 Å². The fraction of sp³-hybridized carbons (Fsp3) is 0.833. The van der Waals surface area contributed by atoms with Crippen LogP contribution in [0, 0.1) is 0 Å². The molecule has 0 aromatic carbocycles. The van der Waals surface area contributed by atoms with Crippen molar-refractivity contribution < 1.29 is 9.53 Å². The molecule has 0 rings (SSSR count). The molecule has 0 amide bonds. The van der Waals surface area contributed by atoms with Crippen molar-refractivity contribution in [3.8, 4) is 0 Å². The Morgan fingerprint density at radius 1 is 1.70 bits per heavy atom. The van der Waals surface area contributed by atoms with Crippen LogP contribution in [0.2, 0.25) is 0 Å². The van der Waals surface area contributed by atoms with Crippen molar-refractivity contribution in [2.75, 3.05) is 13.2 Å². The summed E-state index contributed by atoms with van der Waals surface area (Å²) in [5, 5.41) is 0. The molecule has 0 saturated heterocycles. The number of rotatable bonds is 5. The van der Waals surface area contributed by atoms with Gasteiger partial charge in [-0.3, -0.25) is 4.79 Å². The summed E-state index contributed by atoms with van der Waals surface area (Å²) in [5.74, 6) is -0.302. The lowest BCUT2D eigenvalue weighted by Gasteiger charge is -2.00. The maximum atomic E-state index is 10.5. The van der Waals surface area contributed by atoms with E-state index < -0.39 is 0 Å². The highest BCUT2D eigenvalue weighted by Crippen LogP contribution is 1.87. The number of halogens is 1. The van der Waals surface area contributed by atoms with Gasteiger partial charge >= 0.3 is 5.97 Å². The first-order valence-corrected chi connectivity index (χ1v) is 3.68. The van der Waals surface area contributed by atoms with Crippen molar-refractivity contribution in [2.24, 2.45) is 0 Å². The summed E-state index contributed by atoms with van der Waals surface area (Å²) >= 11 is 5.06. The molecule has 1 N–H and O–H groups in total. The number of carbonyl (C=O) groups is 1. The molecule has 0 unspecified atom stereocenters. The van der Waals surface area contributed by atoms with Crippen molar-refractivity contribution in [3.05, 3.63) is 0 Å². The van der Waals surface area contributed by atoms with Gasteiger partial charge in [0, 0.05) is 0 Å². The summed E-state index contributed by atoms with van der Waals surface area (Å²) in [6.07, 6.45) is 1.94. The van der Waals surface area contributed by atoms with Gasteiger partial charge in [0.15, 0.2) is 0 Å². The van der Waals surface area contributed by atoms with Gasteiger partial charge in [0.2, 0.25) is 0 Å². The van der Waals surface area contributed by atoms with Crippen molar-refractivity contribution in [1.29, 1.82) is 0 Å². The van der Waals surface area contributed by atoms with Gasteiger partial charge < -0.3 is 4.74 Å². The molecule has 0 aliphatic heterocycles. The van der Waals surface area contributed by atoms with Crippen LogP contribution >= 0.6 is 11.8 Å². The number of carbonyl (C=O) groups excluding carboxylic acids is 1. The van der Waals surface area contributed by atoms with Crippen LogP contribution in [0.15, 0.2) is 0 Å². The summed E-state index contributed by atoms with van der Waals surface area (Å²) in [6.45, 7) is 2.60. The molecular formula is C6H12ClNO2. The summed E-state index contributed by atoms with van der Waals surface area (Å²) in [6, 6.07) is 0. The third kappa shape index (κ3) is 5.85. The lowest BCUT2D eigenvalue weighted by molar-refractivity contribution is -0.142. The monoisotopic (exact) mass is 165 g/mol. The van der Waals surface area contributed by atoms with Crippen LogP contribution < -0.4 is 4.84 Å². The highest BCUT2D eigenvalue weighted by atomic mass is 35.5. The SMILES string of the molecule is CCCCOC(=O)CNCl. The molecule has 0 saturated carbocycles. The van der Waals surface area contributed by atoms with Gasteiger partial charge in [-0.1, -0.05) is 13.3 Å². The Bertz CT molecular complexity index is 97.7. The lowest BCUT2D eigenvalue weighted by atomic mass is 10.4. The largest absolute Gasteiger partial charge is 0.465 e. The molecule has 0 aliphatic rings. The number of nitrogens with one attached hydrogen (secondary N) is 1. The first kappa shape index (κ1) is 9.72. The van der Waals surface area contributed by atoms with E-state index in [1.807, 2.05) is 6.92 Å². The number of esters is 1. The zero-order valence-corrected chi connectivity index (χ0v) is 6.78. The predicted octanol–water partition coefficient (Wildman–Crippen LogP) is 1.07. The van der Waals surface area contributed by atoms with E-state index in [2.05, 4.69) is 4.84 Å². The molecule has 0 aromatic heterocycles. The minimum absolute atomic E-state index is 0.0747. The molecule has 0 fully saturated rings. The fourth-order valence-electron chi connectivity index (χ4n) is 0.436. The van der Waals surface area contributed by atoms with Gasteiger partial charge in [-0.15, -0.1) is 0 Å². The Balaban J connectivity index is 3.05. The van der Waals surface area contributed by atoms with E-state index in [1.54, 1.807) is 0 Å². The topological polar surface area (TPSA) is 38.3 Å². The second-order valence-corrected chi connectivity index (χ2v) is 2.15. The van der Waals surface area contributed by atoms with Crippen LogP contribution in [0.5, 0.6) is 0 Å². The van der Waals surface area contributed by atoms with E-state index in [0.29, 0.717) is 6.61 Å². The maximum absolute atomic E-state index is 10.5. The molecule has 0 radical (unpaired) electrons. The number of hydrogen-bond donors (Lipinski definition) is 1. The van der Waals surface area contributed by atoms with Gasteiger partial charge in [0.1, 0.15) is 6.54 Å². The Morgan fingerprint density at radius 2 is 2.40 bits per heavy atom. The molecule has 0 heterocycles. The number of unbranched alkanes of at least 4 members (excludes halogenated alkanes) is 1. The second-order valence-electron chi connectivity index (χ2n) is 1.88. The molecule has 10 heavy (non-hydrogen) atoms. The van der Waals surface area contributed by atoms with Crippen molar-refractivity contribution in [2.45, 2.75) is 19.8 Å². The van der Waals surface area contributed by atoms with Crippen LogP contribution in [0.3, 0.4) is 0 Å². The van der Waals surface area contributed by atoms with Crippen LogP contribution in [0.1, 0.15) is 19.8 Å². The van der Waals surface area contributed by atoms with E-state index in [0.717, 1.165) is 12.8 Å². The minimum Gasteiger partial charge on any atom is -0.465 e. The molecule has 4 heteroatoms. The van der Waals surface area contributed by atoms with Gasteiger partial charge in [0.25, 0.3) is 0 Å². The van der Waals surface area contributed by atoms with Crippen LogP contribution in [0.25, 0.3) is 0 Å². The Hall–Kier alpha value is -0.280. The van der Waals surface area contributed by atoms with E-state index in [4.69, 9.17) is 16.5 Å². The predicted molar refractivity (Wildman–Crippen MR) is 39.7 cm³/mol. The Morgan fingerprint density at radius 3 is 2.90 bits per heavy atom. The van der Waals surface area contributed by atoms with E-state index in [1.165, 1.54) is 0 Å². The van der Waals surface area contributed by atoms with Gasteiger partial charge in [0.05, 0.1) is 6.61 Å². The third-order valence-electron chi connectivity index (χ3n) is 0.972. The zero-order chi connectivity index (χ0) is 7.82. The van der Waals surface area contributed by atoms with Crippen LogP contribution in [0.4, 0.5) is 0 Å². The van der Waals surface area contributed by atoms with Gasteiger partial charge in [-0.05, 0) is 18.2 Å². The molecule has 0 aliphatic carbocycles. The molecule has 3 nitrogen and oxygen atoms in total.